The lowest BCUT2D eigenvalue weighted by Gasteiger charge is -2.56. The average molecular weight is 450 g/mol. The van der Waals surface area contributed by atoms with Crippen LogP contribution in [0, 0.1) is 15.5 Å². The Morgan fingerprint density at radius 1 is 1.12 bits per heavy atom. The number of hydrogen-bond acceptors (Lipinski definition) is 7. The summed E-state index contributed by atoms with van der Waals surface area (Å²) in [6, 6.07) is 11.3. The van der Waals surface area contributed by atoms with Crippen LogP contribution in [0.5, 0.6) is 0 Å². The van der Waals surface area contributed by atoms with Crippen molar-refractivity contribution >= 4 is 34.9 Å². The number of benzene rings is 2. The summed E-state index contributed by atoms with van der Waals surface area (Å²) in [5.41, 5.74) is -0.266. The number of imide groups is 2. The fraction of sp³-hybridized carbons (Fsp3) is 0.348. The summed E-state index contributed by atoms with van der Waals surface area (Å²) >= 11 is 0. The van der Waals surface area contributed by atoms with Crippen LogP contribution in [0.25, 0.3) is 0 Å². The minimum Gasteiger partial charge on any atom is -0.372 e. The Hall–Kier alpha value is -3.79. The van der Waals surface area contributed by atoms with Gasteiger partial charge in [0.15, 0.2) is 5.41 Å². The van der Waals surface area contributed by atoms with Crippen molar-refractivity contribution in [3.63, 3.8) is 0 Å². The molecule has 0 saturated carbocycles. The quantitative estimate of drug-likeness (QED) is 0.423. The van der Waals surface area contributed by atoms with E-state index in [1.54, 1.807) is 43.3 Å². The molecule has 4 atom stereocenters. The molecule has 10 heteroatoms. The van der Waals surface area contributed by atoms with Gasteiger partial charge in [0.2, 0.25) is 5.91 Å². The summed E-state index contributed by atoms with van der Waals surface area (Å²) in [4.78, 5) is 54.1. The number of rotatable bonds is 2. The van der Waals surface area contributed by atoms with Crippen LogP contribution in [0.1, 0.15) is 19.4 Å². The third-order valence-corrected chi connectivity index (χ3v) is 6.67. The van der Waals surface area contributed by atoms with Gasteiger partial charge in [0.25, 0.3) is 11.6 Å². The van der Waals surface area contributed by atoms with Crippen molar-refractivity contribution in [3.05, 3.63) is 64.2 Å². The maximum Gasteiger partial charge on any atom is 0.335 e. The molecule has 2 saturated heterocycles. The van der Waals surface area contributed by atoms with E-state index in [0.717, 1.165) is 10.6 Å². The van der Waals surface area contributed by atoms with Gasteiger partial charge in [-0.2, -0.15) is 0 Å². The molecule has 0 aliphatic carbocycles. The lowest BCUT2D eigenvalue weighted by molar-refractivity contribution is -0.384. The van der Waals surface area contributed by atoms with Crippen molar-refractivity contribution in [2.75, 3.05) is 16.3 Å². The molecule has 2 fully saturated rings. The lowest BCUT2D eigenvalue weighted by Crippen LogP contribution is -2.76. The summed E-state index contributed by atoms with van der Waals surface area (Å²) in [5, 5.41) is 13.8. The van der Waals surface area contributed by atoms with Crippen LogP contribution in [-0.2, 0) is 20.7 Å². The summed E-state index contributed by atoms with van der Waals surface area (Å²) in [5.74, 6) is -1.39. The highest BCUT2D eigenvalue weighted by Gasteiger charge is 2.65. The molecule has 0 bridgehead atoms. The van der Waals surface area contributed by atoms with Gasteiger partial charge in [-0.15, -0.1) is 0 Å². The van der Waals surface area contributed by atoms with Gasteiger partial charge in [-0.1, -0.05) is 18.2 Å². The van der Waals surface area contributed by atoms with Crippen LogP contribution in [-0.4, -0.2) is 47.6 Å². The van der Waals surface area contributed by atoms with Crippen LogP contribution in [0.2, 0.25) is 0 Å². The van der Waals surface area contributed by atoms with Crippen molar-refractivity contribution in [1.82, 2.24) is 5.32 Å². The summed E-state index contributed by atoms with van der Waals surface area (Å²) in [6.45, 7) is 4.08. The van der Waals surface area contributed by atoms with E-state index >= 15 is 0 Å². The number of hydrogen-bond donors (Lipinski definition) is 1. The molecule has 1 spiro atoms. The second-order valence-corrected chi connectivity index (χ2v) is 8.70. The van der Waals surface area contributed by atoms with Crippen LogP contribution in [0.3, 0.4) is 0 Å². The first-order valence-corrected chi connectivity index (χ1v) is 10.7. The highest BCUT2D eigenvalue weighted by molar-refractivity contribution is 6.30. The number of para-hydroxylation sites is 1. The van der Waals surface area contributed by atoms with Gasteiger partial charge >= 0.3 is 6.03 Å². The van der Waals surface area contributed by atoms with Crippen molar-refractivity contribution in [3.8, 4) is 0 Å². The van der Waals surface area contributed by atoms with Gasteiger partial charge in [0.05, 0.1) is 28.9 Å². The second kappa shape index (κ2) is 7.38. The first kappa shape index (κ1) is 21.1. The zero-order valence-electron chi connectivity index (χ0n) is 18.1. The molecule has 0 unspecified atom stereocenters. The van der Waals surface area contributed by atoms with Crippen molar-refractivity contribution in [2.24, 2.45) is 5.41 Å². The maximum atomic E-state index is 14.1. The molecule has 2 aromatic carbocycles. The van der Waals surface area contributed by atoms with Gasteiger partial charge in [0.1, 0.15) is 0 Å². The highest BCUT2D eigenvalue weighted by Crippen LogP contribution is 2.48. The number of fused-ring (bicyclic) bond motifs is 4. The number of nitro groups is 1. The fourth-order valence-corrected chi connectivity index (χ4v) is 5.44. The minimum atomic E-state index is -1.70. The Labute approximate surface area is 189 Å². The first-order valence-electron chi connectivity index (χ1n) is 10.7. The predicted octanol–water partition coefficient (Wildman–Crippen LogP) is 2.40. The topological polar surface area (TPSA) is 122 Å². The number of carbonyl (C=O) groups excluding carboxylic acids is 3. The van der Waals surface area contributed by atoms with Crippen molar-refractivity contribution in [2.45, 2.75) is 38.5 Å². The van der Waals surface area contributed by atoms with E-state index in [2.05, 4.69) is 5.32 Å². The summed E-state index contributed by atoms with van der Waals surface area (Å²) in [7, 11) is 0. The standard InChI is InChI=1S/C23H22N4O6/c1-13-12-25-18-9-8-17(27(31)32)10-15(18)11-23(19(25)14(2)33-13)20(28)24-22(30)26(21(23)29)16-6-4-3-5-7-16/h3-10,13-14,19H,11-12H2,1-2H3,(H,24,28,30)/t13-,14+,19+,23-/m1/s1. The Bertz CT molecular complexity index is 1180. The largest absolute Gasteiger partial charge is 0.372 e. The number of morpholine rings is 1. The monoisotopic (exact) mass is 450 g/mol. The molecule has 4 amide bonds. The molecule has 3 heterocycles. The number of nitrogens with one attached hydrogen (secondary N) is 1. The molecule has 170 valence electrons. The van der Waals surface area contributed by atoms with E-state index in [4.69, 9.17) is 4.74 Å². The number of non-ortho nitro benzene ring substituents is 1. The van der Waals surface area contributed by atoms with E-state index in [0.29, 0.717) is 17.8 Å². The number of nitro benzene ring substituents is 1. The molecule has 3 aliphatic rings. The van der Waals surface area contributed by atoms with Gasteiger partial charge in [-0.3, -0.25) is 25.0 Å². The molecular weight excluding hydrogens is 428 g/mol. The van der Waals surface area contributed by atoms with E-state index in [1.807, 2.05) is 11.8 Å². The Morgan fingerprint density at radius 3 is 2.55 bits per heavy atom. The zero-order chi connectivity index (χ0) is 23.5. The number of barbiturate groups is 1. The Kier molecular flexibility index (Phi) is 4.71. The number of nitrogens with zero attached hydrogens (tertiary/aromatic N) is 3. The van der Waals surface area contributed by atoms with E-state index in [1.165, 1.54) is 12.1 Å². The van der Waals surface area contributed by atoms with Crippen molar-refractivity contribution < 1.29 is 24.0 Å². The molecule has 1 N–H and O–H groups in total. The van der Waals surface area contributed by atoms with E-state index in [9.17, 15) is 24.5 Å². The van der Waals surface area contributed by atoms with Gasteiger partial charge in [-0.25, -0.2) is 9.69 Å². The second-order valence-electron chi connectivity index (χ2n) is 8.70. The van der Waals surface area contributed by atoms with Crippen LogP contribution >= 0.6 is 0 Å². The Balaban J connectivity index is 1.71. The van der Waals surface area contributed by atoms with E-state index < -0.39 is 40.3 Å². The molecule has 2 aromatic rings. The predicted molar refractivity (Wildman–Crippen MR) is 118 cm³/mol. The molecule has 0 aromatic heterocycles. The molecule has 33 heavy (non-hydrogen) atoms. The van der Waals surface area contributed by atoms with Gasteiger partial charge in [-0.05, 0) is 37.6 Å². The number of urea groups is 1. The fourth-order valence-electron chi connectivity index (χ4n) is 5.44. The third kappa shape index (κ3) is 3.01. The average Bonchev–Trinajstić information content (AvgIpc) is 2.77. The lowest BCUT2D eigenvalue weighted by atomic mass is 9.66. The molecular formula is C23H22N4O6. The molecule has 3 aliphatic heterocycles. The number of carbonyl (C=O) groups is 3. The minimum absolute atomic E-state index is 0.0887. The van der Waals surface area contributed by atoms with Crippen LogP contribution in [0.4, 0.5) is 21.9 Å². The summed E-state index contributed by atoms with van der Waals surface area (Å²) in [6.07, 6.45) is -0.796. The van der Waals surface area contributed by atoms with Crippen LogP contribution < -0.4 is 15.1 Å². The number of amides is 4. The van der Waals surface area contributed by atoms with E-state index in [-0.39, 0.29) is 18.2 Å². The maximum absolute atomic E-state index is 14.1. The molecule has 0 radical (unpaired) electrons. The first-order chi connectivity index (χ1) is 15.7. The Morgan fingerprint density at radius 2 is 1.85 bits per heavy atom. The van der Waals surface area contributed by atoms with Crippen LogP contribution in [0.15, 0.2) is 48.5 Å². The molecule has 10 nitrogen and oxygen atoms in total. The van der Waals surface area contributed by atoms with Gasteiger partial charge < -0.3 is 9.64 Å². The van der Waals surface area contributed by atoms with Crippen molar-refractivity contribution in [1.29, 1.82) is 0 Å². The normalized spacial score (nSPS) is 28.9. The summed E-state index contributed by atoms with van der Waals surface area (Å²) < 4.78 is 6.04. The number of anilines is 2. The molecule has 5 rings (SSSR count). The highest BCUT2D eigenvalue weighted by atomic mass is 16.6. The number of ether oxygens (including phenoxy) is 1. The third-order valence-electron chi connectivity index (χ3n) is 6.67. The zero-order valence-corrected chi connectivity index (χ0v) is 18.1. The SMILES string of the molecule is C[C@@H]1CN2c3ccc([N+](=O)[O-])cc3C[C@]3(C(=O)NC(=O)N(c4ccccc4)C3=O)[C@@H]2[C@H](C)O1. The smallest absolute Gasteiger partial charge is 0.335 e. The van der Waals surface area contributed by atoms with Gasteiger partial charge in [0, 0.05) is 30.8 Å².